The molecular formula is C12H11NO3S. The van der Waals surface area contributed by atoms with Gasteiger partial charge in [0.1, 0.15) is 18.1 Å². The molecular weight excluding hydrogens is 238 g/mol. The number of carbonyl (C=O) groups excluding carboxylic acids is 1. The number of hydrogen-bond donors (Lipinski definition) is 0. The molecule has 0 N–H and O–H groups in total. The molecule has 0 saturated carbocycles. The SMILES string of the molecule is COc1ccc(OCc2cscn2)c(C=O)c1. The monoisotopic (exact) mass is 249 g/mol. The quantitative estimate of drug-likeness (QED) is 0.764. The topological polar surface area (TPSA) is 48.4 Å². The van der Waals surface area contributed by atoms with Crippen LogP contribution in [0.4, 0.5) is 0 Å². The third kappa shape index (κ3) is 2.82. The number of methoxy groups -OCH3 is 1. The summed E-state index contributed by atoms with van der Waals surface area (Å²) in [5.41, 5.74) is 3.06. The smallest absolute Gasteiger partial charge is 0.153 e. The van der Waals surface area contributed by atoms with Gasteiger partial charge in [-0.3, -0.25) is 4.79 Å². The molecule has 0 spiro atoms. The summed E-state index contributed by atoms with van der Waals surface area (Å²) in [6, 6.07) is 5.11. The van der Waals surface area contributed by atoms with Crippen molar-refractivity contribution in [3.8, 4) is 11.5 Å². The molecule has 0 aliphatic heterocycles. The van der Waals surface area contributed by atoms with Crippen molar-refractivity contribution >= 4 is 17.6 Å². The Bertz CT molecular complexity index is 496. The Morgan fingerprint density at radius 2 is 2.35 bits per heavy atom. The largest absolute Gasteiger partial charge is 0.497 e. The average Bonchev–Trinajstić information content (AvgIpc) is 2.89. The van der Waals surface area contributed by atoms with E-state index in [9.17, 15) is 4.79 Å². The summed E-state index contributed by atoms with van der Waals surface area (Å²) in [4.78, 5) is 15.0. The zero-order valence-corrected chi connectivity index (χ0v) is 10.1. The molecule has 2 rings (SSSR count). The van der Waals surface area contributed by atoms with E-state index in [0.29, 0.717) is 23.7 Å². The first-order valence-corrected chi connectivity index (χ1v) is 5.91. The Morgan fingerprint density at radius 3 is 3.00 bits per heavy atom. The van der Waals surface area contributed by atoms with Crippen LogP contribution in [0.25, 0.3) is 0 Å². The molecule has 0 atom stereocenters. The standard InChI is InChI=1S/C12H11NO3S/c1-15-11-2-3-12(9(4-11)5-14)16-6-10-7-17-8-13-10/h2-5,7-8H,6H2,1H3. The fraction of sp³-hybridized carbons (Fsp3) is 0.167. The van der Waals surface area contributed by atoms with Crippen LogP contribution in [0.3, 0.4) is 0 Å². The van der Waals surface area contributed by atoms with Crippen molar-refractivity contribution in [2.75, 3.05) is 7.11 Å². The lowest BCUT2D eigenvalue weighted by molar-refractivity contribution is 0.111. The van der Waals surface area contributed by atoms with Gasteiger partial charge >= 0.3 is 0 Å². The number of aromatic nitrogens is 1. The lowest BCUT2D eigenvalue weighted by Gasteiger charge is -2.08. The molecule has 5 heteroatoms. The van der Waals surface area contributed by atoms with Crippen molar-refractivity contribution in [1.29, 1.82) is 0 Å². The van der Waals surface area contributed by atoms with E-state index >= 15 is 0 Å². The molecule has 2 aromatic rings. The molecule has 0 fully saturated rings. The minimum Gasteiger partial charge on any atom is -0.497 e. The van der Waals surface area contributed by atoms with E-state index in [4.69, 9.17) is 9.47 Å². The number of carbonyl (C=O) groups is 1. The fourth-order valence-electron chi connectivity index (χ4n) is 1.34. The number of benzene rings is 1. The van der Waals surface area contributed by atoms with Crippen LogP contribution in [0.2, 0.25) is 0 Å². The van der Waals surface area contributed by atoms with E-state index in [1.54, 1.807) is 30.8 Å². The Hall–Kier alpha value is -1.88. The second kappa shape index (κ2) is 5.45. The molecule has 0 aliphatic carbocycles. The minimum atomic E-state index is 0.358. The zero-order valence-electron chi connectivity index (χ0n) is 9.25. The average molecular weight is 249 g/mol. The molecule has 0 radical (unpaired) electrons. The Kier molecular flexibility index (Phi) is 3.72. The van der Waals surface area contributed by atoms with Gasteiger partial charge in [0.25, 0.3) is 0 Å². The summed E-state index contributed by atoms with van der Waals surface area (Å²) in [5, 5.41) is 1.91. The predicted molar refractivity (Wildman–Crippen MR) is 64.8 cm³/mol. The molecule has 4 nitrogen and oxygen atoms in total. The molecule has 0 saturated heterocycles. The van der Waals surface area contributed by atoms with Gasteiger partial charge in [-0.15, -0.1) is 11.3 Å². The molecule has 88 valence electrons. The number of aldehydes is 1. The maximum atomic E-state index is 10.9. The van der Waals surface area contributed by atoms with Gasteiger partial charge < -0.3 is 9.47 Å². The number of rotatable bonds is 5. The van der Waals surface area contributed by atoms with Crippen LogP contribution in [0.5, 0.6) is 11.5 Å². The van der Waals surface area contributed by atoms with Crippen LogP contribution in [0.15, 0.2) is 29.1 Å². The first-order valence-electron chi connectivity index (χ1n) is 4.96. The van der Waals surface area contributed by atoms with Gasteiger partial charge in [0.05, 0.1) is 23.9 Å². The zero-order chi connectivity index (χ0) is 12.1. The second-order valence-electron chi connectivity index (χ2n) is 3.29. The number of ether oxygens (including phenoxy) is 2. The minimum absolute atomic E-state index is 0.358. The molecule has 1 aromatic heterocycles. The summed E-state index contributed by atoms with van der Waals surface area (Å²) < 4.78 is 10.6. The summed E-state index contributed by atoms with van der Waals surface area (Å²) in [6.07, 6.45) is 0.749. The number of thiazole rings is 1. The summed E-state index contributed by atoms with van der Waals surface area (Å²) >= 11 is 1.51. The van der Waals surface area contributed by atoms with Gasteiger partial charge in [-0.2, -0.15) is 0 Å². The van der Waals surface area contributed by atoms with Crippen LogP contribution in [-0.2, 0) is 6.61 Å². The van der Waals surface area contributed by atoms with Gasteiger partial charge in [0.15, 0.2) is 6.29 Å². The van der Waals surface area contributed by atoms with E-state index in [2.05, 4.69) is 4.98 Å². The molecule has 0 bridgehead atoms. The second-order valence-corrected chi connectivity index (χ2v) is 4.01. The van der Waals surface area contributed by atoms with Gasteiger partial charge in [0.2, 0.25) is 0 Å². The normalized spacial score (nSPS) is 9.94. The highest BCUT2D eigenvalue weighted by Gasteiger charge is 2.05. The van der Waals surface area contributed by atoms with Gasteiger partial charge in [-0.1, -0.05) is 0 Å². The summed E-state index contributed by atoms with van der Waals surface area (Å²) in [6.45, 7) is 0.358. The highest BCUT2D eigenvalue weighted by Crippen LogP contribution is 2.23. The van der Waals surface area contributed by atoms with Crippen LogP contribution in [0.1, 0.15) is 16.1 Å². The van der Waals surface area contributed by atoms with Crippen LogP contribution in [0, 0.1) is 0 Å². The van der Waals surface area contributed by atoms with Gasteiger partial charge in [0, 0.05) is 5.38 Å². The van der Waals surface area contributed by atoms with E-state index in [-0.39, 0.29) is 0 Å². The molecule has 17 heavy (non-hydrogen) atoms. The molecule has 0 unspecified atom stereocenters. The molecule has 0 aliphatic rings. The number of hydrogen-bond acceptors (Lipinski definition) is 5. The van der Waals surface area contributed by atoms with Crippen molar-refractivity contribution < 1.29 is 14.3 Å². The highest BCUT2D eigenvalue weighted by atomic mass is 32.1. The third-order valence-electron chi connectivity index (χ3n) is 2.20. The van der Waals surface area contributed by atoms with Crippen molar-refractivity contribution in [2.24, 2.45) is 0 Å². The Balaban J connectivity index is 2.12. The Labute approximate surface area is 103 Å². The first kappa shape index (κ1) is 11.6. The lowest BCUT2D eigenvalue weighted by Crippen LogP contribution is -1.98. The van der Waals surface area contributed by atoms with Gasteiger partial charge in [-0.05, 0) is 18.2 Å². The third-order valence-corrected chi connectivity index (χ3v) is 2.84. The maximum Gasteiger partial charge on any atom is 0.153 e. The maximum absolute atomic E-state index is 10.9. The predicted octanol–water partition coefficient (Wildman–Crippen LogP) is 2.54. The van der Waals surface area contributed by atoms with E-state index in [1.165, 1.54) is 11.3 Å². The fourth-order valence-corrected chi connectivity index (χ4v) is 1.88. The highest BCUT2D eigenvalue weighted by molar-refractivity contribution is 7.07. The summed E-state index contributed by atoms with van der Waals surface area (Å²) in [7, 11) is 1.56. The molecule has 1 aromatic carbocycles. The summed E-state index contributed by atoms with van der Waals surface area (Å²) in [5.74, 6) is 1.17. The molecule has 0 amide bonds. The first-order chi connectivity index (χ1) is 8.33. The van der Waals surface area contributed by atoms with Crippen LogP contribution >= 0.6 is 11.3 Å². The van der Waals surface area contributed by atoms with Crippen molar-refractivity contribution in [2.45, 2.75) is 6.61 Å². The lowest BCUT2D eigenvalue weighted by atomic mass is 10.2. The van der Waals surface area contributed by atoms with E-state index < -0.39 is 0 Å². The van der Waals surface area contributed by atoms with Crippen LogP contribution < -0.4 is 9.47 Å². The van der Waals surface area contributed by atoms with Crippen molar-refractivity contribution in [1.82, 2.24) is 4.98 Å². The van der Waals surface area contributed by atoms with E-state index in [0.717, 1.165) is 12.0 Å². The van der Waals surface area contributed by atoms with Crippen molar-refractivity contribution in [3.05, 3.63) is 40.3 Å². The molecule has 1 heterocycles. The van der Waals surface area contributed by atoms with Gasteiger partial charge in [-0.25, -0.2) is 4.98 Å². The number of nitrogens with zero attached hydrogens (tertiary/aromatic N) is 1. The Morgan fingerprint density at radius 1 is 1.47 bits per heavy atom. The van der Waals surface area contributed by atoms with E-state index in [1.807, 2.05) is 5.38 Å². The van der Waals surface area contributed by atoms with Crippen molar-refractivity contribution in [3.63, 3.8) is 0 Å². The van der Waals surface area contributed by atoms with Crippen LogP contribution in [-0.4, -0.2) is 18.4 Å².